The summed E-state index contributed by atoms with van der Waals surface area (Å²) in [5.41, 5.74) is 1.19. The van der Waals surface area contributed by atoms with Gasteiger partial charge in [-0.2, -0.15) is 0 Å². The highest BCUT2D eigenvalue weighted by Crippen LogP contribution is 2.23. The lowest BCUT2D eigenvalue weighted by Gasteiger charge is -2.32. The van der Waals surface area contributed by atoms with Crippen LogP contribution in [0.5, 0.6) is 5.75 Å². The van der Waals surface area contributed by atoms with Gasteiger partial charge in [0, 0.05) is 13.1 Å². The van der Waals surface area contributed by atoms with Crippen LogP contribution in [0.4, 0.5) is 5.69 Å². The number of rotatable bonds is 12. The van der Waals surface area contributed by atoms with Gasteiger partial charge in [-0.1, -0.05) is 37.3 Å². The molecule has 0 fully saturated rings. The molecule has 0 bridgehead atoms. The Bertz CT molecular complexity index is 1010. The fraction of sp³-hybridized carbons (Fsp3) is 0.417. The van der Waals surface area contributed by atoms with E-state index in [9.17, 15) is 18.0 Å². The van der Waals surface area contributed by atoms with Gasteiger partial charge < -0.3 is 15.0 Å². The van der Waals surface area contributed by atoms with Gasteiger partial charge in [-0.15, -0.1) is 0 Å². The molecule has 0 radical (unpaired) electrons. The number of nitrogens with one attached hydrogen (secondary N) is 1. The van der Waals surface area contributed by atoms with Gasteiger partial charge in [0.15, 0.2) is 0 Å². The lowest BCUT2D eigenvalue weighted by molar-refractivity contribution is -0.140. The van der Waals surface area contributed by atoms with Crippen LogP contribution >= 0.6 is 0 Å². The number of benzene rings is 2. The molecular formula is C24H33N3O5S. The van der Waals surface area contributed by atoms with Crippen molar-refractivity contribution in [3.05, 3.63) is 60.2 Å². The summed E-state index contributed by atoms with van der Waals surface area (Å²) in [6.07, 6.45) is 1.45. The number of sulfonamides is 1. The van der Waals surface area contributed by atoms with Crippen LogP contribution < -0.4 is 14.4 Å². The molecular weight excluding hydrogens is 442 g/mol. The Balaban J connectivity index is 2.37. The van der Waals surface area contributed by atoms with E-state index < -0.39 is 28.5 Å². The Labute approximate surface area is 196 Å². The molecule has 2 aromatic rings. The predicted octanol–water partition coefficient (Wildman–Crippen LogP) is 2.79. The Morgan fingerprint density at radius 3 is 2.15 bits per heavy atom. The van der Waals surface area contributed by atoms with E-state index in [1.165, 1.54) is 4.90 Å². The third-order valence-corrected chi connectivity index (χ3v) is 6.19. The molecule has 2 amide bonds. The standard InChI is InChI=1S/C24H33N3O5S/c1-5-22(24(29)25-6-2)26(17-19-11-9-8-10-12-19)23(28)18-27(33(4,30)31)20-13-15-21(16-14-20)32-7-3/h8-16,22H,5-7,17-18H2,1-4H3,(H,25,29)/t22-/m0/s1. The average Bonchev–Trinajstić information content (AvgIpc) is 2.78. The predicted molar refractivity (Wildman–Crippen MR) is 130 cm³/mol. The van der Waals surface area contributed by atoms with Gasteiger partial charge in [0.05, 0.1) is 18.6 Å². The minimum absolute atomic E-state index is 0.191. The molecule has 0 heterocycles. The molecule has 2 rings (SSSR count). The zero-order valence-corrected chi connectivity index (χ0v) is 20.5. The van der Waals surface area contributed by atoms with Gasteiger partial charge in [0.1, 0.15) is 18.3 Å². The summed E-state index contributed by atoms with van der Waals surface area (Å²) >= 11 is 0. The number of hydrogen-bond donors (Lipinski definition) is 1. The highest BCUT2D eigenvalue weighted by Gasteiger charge is 2.31. The maximum Gasteiger partial charge on any atom is 0.244 e. The molecule has 33 heavy (non-hydrogen) atoms. The quantitative estimate of drug-likeness (QED) is 0.509. The van der Waals surface area contributed by atoms with Crippen molar-refractivity contribution in [1.82, 2.24) is 10.2 Å². The van der Waals surface area contributed by atoms with E-state index in [0.717, 1.165) is 16.1 Å². The van der Waals surface area contributed by atoms with Crippen molar-refractivity contribution in [2.75, 3.05) is 30.3 Å². The van der Waals surface area contributed by atoms with Crippen molar-refractivity contribution in [1.29, 1.82) is 0 Å². The molecule has 8 nitrogen and oxygen atoms in total. The molecule has 0 saturated carbocycles. The second-order valence-electron chi connectivity index (χ2n) is 7.52. The minimum atomic E-state index is -3.76. The Hall–Kier alpha value is -3.07. The summed E-state index contributed by atoms with van der Waals surface area (Å²) in [4.78, 5) is 27.6. The number of nitrogens with zero attached hydrogens (tertiary/aromatic N) is 2. The van der Waals surface area contributed by atoms with E-state index in [0.29, 0.717) is 31.0 Å². The molecule has 1 atom stereocenters. The van der Waals surface area contributed by atoms with Gasteiger partial charge in [0.2, 0.25) is 21.8 Å². The molecule has 0 aliphatic rings. The topological polar surface area (TPSA) is 96.0 Å². The highest BCUT2D eigenvalue weighted by atomic mass is 32.2. The summed E-state index contributed by atoms with van der Waals surface area (Å²) in [6.45, 7) is 6.18. The zero-order chi connectivity index (χ0) is 24.4. The summed E-state index contributed by atoms with van der Waals surface area (Å²) in [7, 11) is -3.76. The monoisotopic (exact) mass is 475 g/mol. The maximum absolute atomic E-state index is 13.5. The normalized spacial score (nSPS) is 12.0. The van der Waals surface area contributed by atoms with Crippen LogP contribution in [0.3, 0.4) is 0 Å². The van der Waals surface area contributed by atoms with Crippen LogP contribution in [0.25, 0.3) is 0 Å². The van der Waals surface area contributed by atoms with Crippen LogP contribution in [0.15, 0.2) is 54.6 Å². The molecule has 0 saturated heterocycles. The first-order chi connectivity index (χ1) is 15.7. The van der Waals surface area contributed by atoms with Gasteiger partial charge >= 0.3 is 0 Å². The van der Waals surface area contributed by atoms with Crippen molar-refractivity contribution in [3.63, 3.8) is 0 Å². The average molecular weight is 476 g/mol. The van der Waals surface area contributed by atoms with Crippen LogP contribution in [-0.2, 0) is 26.2 Å². The smallest absolute Gasteiger partial charge is 0.244 e. The van der Waals surface area contributed by atoms with Gasteiger partial charge in [-0.25, -0.2) is 8.42 Å². The van der Waals surface area contributed by atoms with Crippen LogP contribution in [0, 0.1) is 0 Å². The Morgan fingerprint density at radius 1 is 1.00 bits per heavy atom. The lowest BCUT2D eigenvalue weighted by atomic mass is 10.1. The summed E-state index contributed by atoms with van der Waals surface area (Å²) in [5.74, 6) is -0.124. The number of carbonyl (C=O) groups is 2. The molecule has 2 aromatic carbocycles. The van der Waals surface area contributed by atoms with Crippen LogP contribution in [-0.4, -0.2) is 57.1 Å². The van der Waals surface area contributed by atoms with E-state index in [-0.39, 0.29) is 12.5 Å². The highest BCUT2D eigenvalue weighted by molar-refractivity contribution is 7.92. The van der Waals surface area contributed by atoms with Crippen molar-refractivity contribution in [2.24, 2.45) is 0 Å². The second kappa shape index (κ2) is 12.2. The fourth-order valence-corrected chi connectivity index (χ4v) is 4.33. The Kier molecular flexibility index (Phi) is 9.72. The van der Waals surface area contributed by atoms with Crippen LogP contribution in [0.2, 0.25) is 0 Å². The second-order valence-corrected chi connectivity index (χ2v) is 9.43. The summed E-state index contributed by atoms with van der Waals surface area (Å²) in [5, 5.41) is 2.77. The maximum atomic E-state index is 13.5. The Morgan fingerprint density at radius 2 is 1.64 bits per heavy atom. The first-order valence-electron chi connectivity index (χ1n) is 11.0. The van der Waals surface area contributed by atoms with Crippen LogP contribution in [0.1, 0.15) is 32.8 Å². The number of amides is 2. The molecule has 0 aromatic heterocycles. The van der Waals surface area contributed by atoms with E-state index in [2.05, 4.69) is 5.32 Å². The number of hydrogen-bond acceptors (Lipinski definition) is 5. The SMILES string of the molecule is CCNC(=O)[C@H](CC)N(Cc1ccccc1)C(=O)CN(c1ccc(OCC)cc1)S(C)(=O)=O. The van der Waals surface area contributed by atoms with Crippen molar-refractivity contribution >= 4 is 27.5 Å². The molecule has 0 spiro atoms. The van der Waals surface area contributed by atoms with E-state index in [1.807, 2.05) is 51.1 Å². The molecule has 1 N–H and O–H groups in total. The molecule has 0 aliphatic carbocycles. The fourth-order valence-electron chi connectivity index (χ4n) is 3.48. The zero-order valence-electron chi connectivity index (χ0n) is 19.7. The number of carbonyl (C=O) groups excluding carboxylic acids is 2. The first-order valence-corrected chi connectivity index (χ1v) is 12.9. The summed E-state index contributed by atoms with van der Waals surface area (Å²) < 4.78 is 31.6. The van der Waals surface area contributed by atoms with Crippen molar-refractivity contribution in [2.45, 2.75) is 39.8 Å². The first kappa shape index (κ1) is 26.2. The van der Waals surface area contributed by atoms with Gasteiger partial charge in [-0.05, 0) is 50.1 Å². The number of anilines is 1. The largest absolute Gasteiger partial charge is 0.494 e. The molecule has 0 aliphatic heterocycles. The molecule has 0 unspecified atom stereocenters. The molecule has 9 heteroatoms. The number of ether oxygens (including phenoxy) is 1. The third-order valence-electron chi connectivity index (χ3n) is 5.05. The molecule has 180 valence electrons. The summed E-state index contributed by atoms with van der Waals surface area (Å²) in [6, 6.07) is 15.1. The lowest BCUT2D eigenvalue weighted by Crippen LogP contribution is -2.52. The van der Waals surface area contributed by atoms with Gasteiger partial charge in [0.25, 0.3) is 0 Å². The van der Waals surface area contributed by atoms with Gasteiger partial charge in [-0.3, -0.25) is 13.9 Å². The van der Waals surface area contributed by atoms with E-state index >= 15 is 0 Å². The van der Waals surface area contributed by atoms with E-state index in [4.69, 9.17) is 4.74 Å². The van der Waals surface area contributed by atoms with E-state index in [1.54, 1.807) is 24.3 Å². The van der Waals surface area contributed by atoms with Crippen molar-refractivity contribution < 1.29 is 22.7 Å². The number of likely N-dealkylation sites (N-methyl/N-ethyl adjacent to an activating group) is 1. The van der Waals surface area contributed by atoms with Crippen molar-refractivity contribution in [3.8, 4) is 5.75 Å². The third kappa shape index (κ3) is 7.49. The minimum Gasteiger partial charge on any atom is -0.494 e.